The number of carbonyl (C=O) groups is 2. The number of Topliss-reactive ketones (excluding diaryl/α,β-unsaturated/α-hetero) is 1. The second kappa shape index (κ2) is 8.88. The molecule has 0 spiro atoms. The number of ketones is 1. The van der Waals surface area contributed by atoms with Crippen molar-refractivity contribution in [3.05, 3.63) is 70.9 Å². The van der Waals surface area contributed by atoms with Gasteiger partial charge < -0.3 is 19.5 Å². The van der Waals surface area contributed by atoms with Gasteiger partial charge in [0, 0.05) is 5.56 Å². The third-order valence-electron chi connectivity index (χ3n) is 4.99. The van der Waals surface area contributed by atoms with Crippen LogP contribution in [0.1, 0.15) is 28.9 Å². The van der Waals surface area contributed by atoms with Gasteiger partial charge in [0.25, 0.3) is 0 Å². The van der Waals surface area contributed by atoms with E-state index in [9.17, 15) is 9.59 Å². The summed E-state index contributed by atoms with van der Waals surface area (Å²) in [6, 6.07) is 13.1. The van der Waals surface area contributed by atoms with Crippen molar-refractivity contribution in [2.45, 2.75) is 13.0 Å². The van der Waals surface area contributed by atoms with Crippen LogP contribution in [0.3, 0.4) is 0 Å². The van der Waals surface area contributed by atoms with Crippen molar-refractivity contribution in [1.82, 2.24) is 20.2 Å². The molecule has 4 rings (SSSR count). The molecule has 1 aromatic heterocycles. The number of nitrogens with one attached hydrogen (secondary N) is 1. The standard InChI is InChI=1S/C22H21N5O5/c1-4-32-15-10-8-13(9-11-15)19-17(20(28)14-6-5-7-16(12-14)30-2)18(21(29)31-3)23-22-24-25-26-27(19)22/h5-12,19H,4H2,1-3H3,(H,23,24,26)/t19-/m0/s1. The fourth-order valence-corrected chi connectivity index (χ4v) is 3.53. The second-order valence-corrected chi connectivity index (χ2v) is 6.82. The number of tetrazole rings is 1. The van der Waals surface area contributed by atoms with Crippen LogP contribution in [0.2, 0.25) is 0 Å². The second-order valence-electron chi connectivity index (χ2n) is 6.82. The molecule has 0 bridgehead atoms. The third-order valence-corrected chi connectivity index (χ3v) is 4.99. The van der Waals surface area contributed by atoms with Crippen LogP contribution in [-0.2, 0) is 9.53 Å². The molecule has 0 radical (unpaired) electrons. The number of rotatable bonds is 7. The van der Waals surface area contributed by atoms with Gasteiger partial charge in [0.1, 0.15) is 23.2 Å². The van der Waals surface area contributed by atoms with E-state index in [4.69, 9.17) is 14.2 Å². The quantitative estimate of drug-likeness (QED) is 0.441. The SMILES string of the molecule is CCOc1ccc([C@H]2C(C(=O)c3cccc(OC)c3)=C(C(=O)OC)Nc3nnnn32)cc1. The van der Waals surface area contributed by atoms with E-state index in [-0.39, 0.29) is 17.2 Å². The van der Waals surface area contributed by atoms with Gasteiger partial charge in [-0.3, -0.25) is 4.79 Å². The van der Waals surface area contributed by atoms with Gasteiger partial charge in [0.15, 0.2) is 5.78 Å². The molecule has 0 fully saturated rings. The first-order chi connectivity index (χ1) is 15.6. The first-order valence-electron chi connectivity index (χ1n) is 9.86. The predicted molar refractivity (Wildman–Crippen MR) is 114 cm³/mol. The lowest BCUT2D eigenvalue weighted by Crippen LogP contribution is -2.32. The highest BCUT2D eigenvalue weighted by molar-refractivity contribution is 6.15. The molecule has 2 aromatic carbocycles. The summed E-state index contributed by atoms with van der Waals surface area (Å²) in [5.74, 6) is 0.310. The summed E-state index contributed by atoms with van der Waals surface area (Å²) >= 11 is 0. The van der Waals surface area contributed by atoms with Crippen molar-refractivity contribution in [3.63, 3.8) is 0 Å². The molecule has 32 heavy (non-hydrogen) atoms. The monoisotopic (exact) mass is 435 g/mol. The Balaban J connectivity index is 1.89. The summed E-state index contributed by atoms with van der Waals surface area (Å²) in [6.45, 7) is 2.42. The smallest absolute Gasteiger partial charge is 0.355 e. The van der Waals surface area contributed by atoms with Gasteiger partial charge in [-0.15, -0.1) is 0 Å². The molecular weight excluding hydrogens is 414 g/mol. The van der Waals surface area contributed by atoms with Crippen molar-refractivity contribution in [2.75, 3.05) is 26.1 Å². The molecule has 1 atom stereocenters. The molecular formula is C22H21N5O5. The van der Waals surface area contributed by atoms with Crippen LogP contribution >= 0.6 is 0 Å². The zero-order valence-corrected chi connectivity index (χ0v) is 17.7. The van der Waals surface area contributed by atoms with Crippen molar-refractivity contribution < 1.29 is 23.8 Å². The van der Waals surface area contributed by atoms with Crippen LogP contribution in [0, 0.1) is 0 Å². The number of nitrogens with zero attached hydrogens (tertiary/aromatic N) is 4. The summed E-state index contributed by atoms with van der Waals surface area (Å²) in [4.78, 5) is 26.4. The molecule has 2 heterocycles. The van der Waals surface area contributed by atoms with Crippen LogP contribution < -0.4 is 14.8 Å². The van der Waals surface area contributed by atoms with Crippen molar-refractivity contribution in [2.24, 2.45) is 0 Å². The lowest BCUT2D eigenvalue weighted by atomic mass is 9.89. The van der Waals surface area contributed by atoms with E-state index in [0.29, 0.717) is 29.2 Å². The van der Waals surface area contributed by atoms with Gasteiger partial charge in [-0.05, 0) is 47.2 Å². The van der Waals surface area contributed by atoms with E-state index in [1.807, 2.05) is 6.92 Å². The average molecular weight is 435 g/mol. The van der Waals surface area contributed by atoms with Gasteiger partial charge in [-0.25, -0.2) is 4.79 Å². The Bertz CT molecular complexity index is 1190. The molecule has 0 aliphatic carbocycles. The molecule has 1 aliphatic heterocycles. The number of aromatic nitrogens is 4. The Kier molecular flexibility index (Phi) is 5.84. The largest absolute Gasteiger partial charge is 0.497 e. The van der Waals surface area contributed by atoms with Gasteiger partial charge in [0.2, 0.25) is 5.95 Å². The fraction of sp³-hybridized carbons (Fsp3) is 0.227. The number of allylic oxidation sites excluding steroid dienone is 1. The zero-order chi connectivity index (χ0) is 22.7. The maximum Gasteiger partial charge on any atom is 0.355 e. The highest BCUT2D eigenvalue weighted by atomic mass is 16.5. The Hall–Kier alpha value is -4.21. The topological polar surface area (TPSA) is 117 Å². The fourth-order valence-electron chi connectivity index (χ4n) is 3.53. The number of carbonyl (C=O) groups excluding carboxylic acids is 2. The van der Waals surface area contributed by atoms with E-state index >= 15 is 0 Å². The number of hydrogen-bond acceptors (Lipinski definition) is 9. The lowest BCUT2D eigenvalue weighted by molar-refractivity contribution is -0.136. The Morgan fingerprint density at radius 1 is 1.09 bits per heavy atom. The van der Waals surface area contributed by atoms with Gasteiger partial charge in [-0.2, -0.15) is 4.68 Å². The molecule has 0 saturated carbocycles. The summed E-state index contributed by atoms with van der Waals surface area (Å²) in [7, 11) is 2.76. The van der Waals surface area contributed by atoms with Gasteiger partial charge in [-0.1, -0.05) is 29.4 Å². The number of anilines is 1. The molecule has 0 saturated heterocycles. The minimum Gasteiger partial charge on any atom is -0.497 e. The molecule has 0 amide bonds. The minimum absolute atomic E-state index is 0.0264. The molecule has 10 heteroatoms. The number of benzene rings is 2. The molecule has 164 valence electrons. The minimum atomic E-state index is -0.773. The lowest BCUT2D eigenvalue weighted by Gasteiger charge is -2.28. The van der Waals surface area contributed by atoms with E-state index in [2.05, 4.69) is 20.8 Å². The summed E-state index contributed by atoms with van der Waals surface area (Å²) < 4.78 is 17.2. The Morgan fingerprint density at radius 2 is 1.88 bits per heavy atom. The molecule has 3 aromatic rings. The summed E-state index contributed by atoms with van der Waals surface area (Å²) in [5.41, 5.74) is 1.15. The highest BCUT2D eigenvalue weighted by Gasteiger charge is 2.38. The first-order valence-corrected chi connectivity index (χ1v) is 9.86. The Morgan fingerprint density at radius 3 is 2.56 bits per heavy atom. The van der Waals surface area contributed by atoms with Crippen LogP contribution in [0.5, 0.6) is 11.5 Å². The maximum absolute atomic E-state index is 13.7. The molecule has 0 unspecified atom stereocenters. The number of fused-ring (bicyclic) bond motifs is 1. The highest BCUT2D eigenvalue weighted by Crippen LogP contribution is 2.37. The van der Waals surface area contributed by atoms with Crippen molar-refractivity contribution in [1.29, 1.82) is 0 Å². The van der Waals surface area contributed by atoms with Crippen molar-refractivity contribution in [3.8, 4) is 11.5 Å². The summed E-state index contributed by atoms with van der Waals surface area (Å²) in [6.07, 6.45) is 0. The van der Waals surface area contributed by atoms with E-state index in [1.54, 1.807) is 48.5 Å². The molecule has 1 N–H and O–H groups in total. The number of ether oxygens (including phenoxy) is 3. The van der Waals surface area contributed by atoms with Gasteiger partial charge in [0.05, 0.1) is 26.4 Å². The average Bonchev–Trinajstić information content (AvgIpc) is 3.31. The van der Waals surface area contributed by atoms with Crippen LogP contribution in [0.25, 0.3) is 0 Å². The third kappa shape index (κ3) is 3.78. The van der Waals surface area contributed by atoms with Crippen molar-refractivity contribution >= 4 is 17.7 Å². The Labute approximate surface area is 183 Å². The zero-order valence-electron chi connectivity index (χ0n) is 17.7. The number of esters is 1. The van der Waals surface area contributed by atoms with Crippen LogP contribution in [0.4, 0.5) is 5.95 Å². The van der Waals surface area contributed by atoms with E-state index in [1.165, 1.54) is 18.9 Å². The van der Waals surface area contributed by atoms with E-state index in [0.717, 1.165) is 0 Å². The van der Waals surface area contributed by atoms with Crippen LogP contribution in [-0.4, -0.2) is 52.8 Å². The molecule has 1 aliphatic rings. The number of hydrogen-bond donors (Lipinski definition) is 1. The van der Waals surface area contributed by atoms with Crippen LogP contribution in [0.15, 0.2) is 59.8 Å². The molecule has 10 nitrogen and oxygen atoms in total. The normalized spacial score (nSPS) is 14.9. The maximum atomic E-state index is 13.7. The predicted octanol–water partition coefficient (Wildman–Crippen LogP) is 2.41. The number of methoxy groups -OCH3 is 2. The first kappa shape index (κ1) is 21.0. The van der Waals surface area contributed by atoms with Gasteiger partial charge >= 0.3 is 5.97 Å². The summed E-state index contributed by atoms with van der Waals surface area (Å²) in [5, 5.41) is 14.5. The van der Waals surface area contributed by atoms with E-state index < -0.39 is 17.8 Å².